The maximum absolute atomic E-state index is 12.0. The number of nitrogens with one attached hydrogen (secondary N) is 2. The van der Waals surface area contributed by atoms with Crippen LogP contribution in [0.3, 0.4) is 0 Å². The van der Waals surface area contributed by atoms with Crippen molar-refractivity contribution in [3.05, 3.63) is 5.56 Å². The van der Waals surface area contributed by atoms with Crippen molar-refractivity contribution in [1.29, 1.82) is 0 Å². The molecule has 0 aromatic carbocycles. The Morgan fingerprint density at radius 2 is 1.96 bits per heavy atom. The fourth-order valence-corrected chi connectivity index (χ4v) is 3.68. The predicted molar refractivity (Wildman–Crippen MR) is 114 cm³/mol. The molecule has 1 aliphatic carbocycles. The summed E-state index contributed by atoms with van der Waals surface area (Å²) in [5, 5.41) is 16.9. The van der Waals surface area contributed by atoms with Gasteiger partial charge in [-0.1, -0.05) is 18.6 Å². The highest BCUT2D eigenvalue weighted by molar-refractivity contribution is 6.40. The SMILES string of the molecule is Bc1nc(NC(C)(C)C)nc(NC2CC(O)C(C)CC2(B)B)c1C(N)=O. The van der Waals surface area contributed by atoms with Crippen LogP contribution in [0.4, 0.5) is 11.8 Å². The Labute approximate surface area is 158 Å². The van der Waals surface area contributed by atoms with Crippen LogP contribution in [-0.4, -0.2) is 62.2 Å². The van der Waals surface area contributed by atoms with Gasteiger partial charge < -0.3 is 21.5 Å². The lowest BCUT2D eigenvalue weighted by molar-refractivity contribution is 0.0686. The summed E-state index contributed by atoms with van der Waals surface area (Å²) in [6.07, 6.45) is 1.10. The van der Waals surface area contributed by atoms with Gasteiger partial charge in [0.05, 0.1) is 11.7 Å². The number of aromatic nitrogens is 2. The lowest BCUT2D eigenvalue weighted by Gasteiger charge is -2.45. The first-order chi connectivity index (χ1) is 11.8. The molecular weight excluding hydrogens is 327 g/mol. The normalized spacial score (nSPS) is 25.5. The summed E-state index contributed by atoms with van der Waals surface area (Å²) in [6.45, 7) is 8.12. The van der Waals surface area contributed by atoms with E-state index >= 15 is 0 Å². The van der Waals surface area contributed by atoms with E-state index in [4.69, 9.17) is 5.73 Å². The third kappa shape index (κ3) is 4.72. The minimum absolute atomic E-state index is 0.0245. The van der Waals surface area contributed by atoms with E-state index in [1.165, 1.54) is 0 Å². The Morgan fingerprint density at radius 1 is 1.35 bits per heavy atom. The second kappa shape index (κ2) is 7.14. The van der Waals surface area contributed by atoms with Gasteiger partial charge >= 0.3 is 0 Å². The molecule has 2 rings (SSSR count). The highest BCUT2D eigenvalue weighted by atomic mass is 16.3. The summed E-state index contributed by atoms with van der Waals surface area (Å²) in [5.74, 6) is 0.556. The first kappa shape index (κ1) is 20.6. The molecular formula is C16H30B3N5O2. The fraction of sp³-hybridized carbons (Fsp3) is 0.688. The number of carbonyl (C=O) groups excluding carboxylic acids is 1. The molecule has 5 N–H and O–H groups in total. The molecule has 1 saturated carbocycles. The minimum Gasteiger partial charge on any atom is -0.393 e. The lowest BCUT2D eigenvalue weighted by atomic mass is 9.44. The standard InChI is InChI=1S/C16H30B3N5O2/c1-7-6-16(18,19)9(5-8(7)25)21-13-10(12(20)26)11(17)22-14(23-13)24-15(2,3)4/h7-9,25H,5-6,17-19H2,1-4H3,(H2,20,26)(H2,21,22,23,24). The number of primary amides is 1. The van der Waals surface area contributed by atoms with Gasteiger partial charge in [-0.15, -0.1) is 0 Å². The van der Waals surface area contributed by atoms with Gasteiger partial charge in [0.25, 0.3) is 5.91 Å². The van der Waals surface area contributed by atoms with Crippen molar-refractivity contribution >= 4 is 46.8 Å². The van der Waals surface area contributed by atoms with Gasteiger partial charge in [0.1, 0.15) is 21.5 Å². The van der Waals surface area contributed by atoms with Crippen LogP contribution >= 0.6 is 0 Å². The number of nitrogens with zero attached hydrogens (tertiary/aromatic N) is 2. The summed E-state index contributed by atoms with van der Waals surface area (Å²) in [5.41, 5.74) is 6.20. The van der Waals surface area contributed by atoms with Gasteiger partial charge in [-0.2, -0.15) is 4.98 Å². The highest BCUT2D eigenvalue weighted by Gasteiger charge is 2.40. The predicted octanol–water partition coefficient (Wildman–Crippen LogP) is -2.00. The Hall–Kier alpha value is -1.70. The third-order valence-electron chi connectivity index (χ3n) is 5.06. The van der Waals surface area contributed by atoms with Crippen molar-refractivity contribution in [3.63, 3.8) is 0 Å². The van der Waals surface area contributed by atoms with Crippen LogP contribution in [0.5, 0.6) is 0 Å². The number of aliphatic hydroxyl groups excluding tert-OH is 1. The molecule has 3 unspecified atom stereocenters. The molecule has 0 bridgehead atoms. The molecule has 10 heteroatoms. The zero-order valence-electron chi connectivity index (χ0n) is 17.0. The summed E-state index contributed by atoms with van der Waals surface area (Å²) >= 11 is 0. The number of hydrogen-bond donors (Lipinski definition) is 4. The largest absolute Gasteiger partial charge is 0.393 e. The maximum Gasteiger partial charge on any atom is 0.253 e. The number of rotatable bonds is 4. The molecule has 1 aromatic rings. The molecule has 0 saturated heterocycles. The Morgan fingerprint density at radius 3 is 2.50 bits per heavy atom. The average molecular weight is 357 g/mol. The van der Waals surface area contributed by atoms with Gasteiger partial charge in [-0.05, 0) is 33.1 Å². The van der Waals surface area contributed by atoms with Gasteiger partial charge in [-0.3, -0.25) is 4.79 Å². The summed E-state index contributed by atoms with van der Waals surface area (Å²) < 4.78 is 0. The van der Waals surface area contributed by atoms with Crippen molar-refractivity contribution in [3.8, 4) is 0 Å². The molecule has 1 aliphatic rings. The summed E-state index contributed by atoms with van der Waals surface area (Å²) in [4.78, 5) is 20.9. The van der Waals surface area contributed by atoms with Crippen molar-refractivity contribution in [2.75, 3.05) is 10.6 Å². The number of nitrogens with two attached hydrogens (primary N) is 1. The molecule has 26 heavy (non-hydrogen) atoms. The van der Waals surface area contributed by atoms with E-state index in [9.17, 15) is 9.90 Å². The lowest BCUT2D eigenvalue weighted by Crippen LogP contribution is -2.47. The molecule has 0 aliphatic heterocycles. The zero-order valence-corrected chi connectivity index (χ0v) is 17.0. The van der Waals surface area contributed by atoms with E-state index in [0.29, 0.717) is 29.3 Å². The van der Waals surface area contributed by atoms with Crippen LogP contribution < -0.4 is 22.0 Å². The van der Waals surface area contributed by atoms with E-state index in [1.807, 2.05) is 20.8 Å². The Kier molecular flexibility index (Phi) is 5.66. The average Bonchev–Trinajstić information content (AvgIpc) is 2.41. The minimum atomic E-state index is -0.560. The molecule has 1 fully saturated rings. The molecule has 140 valence electrons. The van der Waals surface area contributed by atoms with Crippen LogP contribution in [0, 0.1) is 5.92 Å². The summed E-state index contributed by atoms with van der Waals surface area (Å²) in [7, 11) is 6.09. The molecule has 3 atom stereocenters. The van der Waals surface area contributed by atoms with E-state index in [2.05, 4.69) is 43.2 Å². The number of anilines is 2. The van der Waals surface area contributed by atoms with Crippen LogP contribution in [0.1, 0.15) is 50.9 Å². The molecule has 1 amide bonds. The first-order valence-corrected chi connectivity index (χ1v) is 9.21. The van der Waals surface area contributed by atoms with Crippen LogP contribution in [0.15, 0.2) is 0 Å². The first-order valence-electron chi connectivity index (χ1n) is 9.21. The van der Waals surface area contributed by atoms with Gasteiger partial charge in [0, 0.05) is 17.2 Å². The topological polar surface area (TPSA) is 113 Å². The fourth-order valence-electron chi connectivity index (χ4n) is 3.68. The van der Waals surface area contributed by atoms with Gasteiger partial charge in [0.15, 0.2) is 7.85 Å². The van der Waals surface area contributed by atoms with Gasteiger partial charge in [0.2, 0.25) is 5.95 Å². The Bertz CT molecular complexity index is 693. The van der Waals surface area contributed by atoms with Crippen molar-refractivity contribution in [2.45, 2.75) is 63.4 Å². The monoisotopic (exact) mass is 357 g/mol. The van der Waals surface area contributed by atoms with Crippen LogP contribution in [0.25, 0.3) is 0 Å². The molecule has 1 heterocycles. The van der Waals surface area contributed by atoms with Crippen molar-refractivity contribution in [2.24, 2.45) is 11.7 Å². The van der Waals surface area contributed by atoms with E-state index in [-0.39, 0.29) is 28.8 Å². The quantitative estimate of drug-likeness (QED) is 0.464. The molecule has 0 spiro atoms. The van der Waals surface area contributed by atoms with Crippen molar-refractivity contribution < 1.29 is 9.90 Å². The molecule has 0 radical (unpaired) electrons. The number of carbonyl (C=O) groups is 1. The third-order valence-corrected chi connectivity index (χ3v) is 5.06. The van der Waals surface area contributed by atoms with E-state index < -0.39 is 5.91 Å². The van der Waals surface area contributed by atoms with Gasteiger partial charge in [-0.25, -0.2) is 4.98 Å². The molecule has 7 nitrogen and oxygen atoms in total. The second-order valence-electron chi connectivity index (χ2n) is 9.27. The smallest absolute Gasteiger partial charge is 0.253 e. The number of hydrogen-bond acceptors (Lipinski definition) is 6. The number of aliphatic hydroxyl groups is 1. The van der Waals surface area contributed by atoms with E-state index in [0.717, 1.165) is 6.42 Å². The Balaban J connectivity index is 2.41. The van der Waals surface area contributed by atoms with E-state index in [1.54, 1.807) is 7.85 Å². The highest BCUT2D eigenvalue weighted by Crippen LogP contribution is 2.41. The van der Waals surface area contributed by atoms with Crippen LogP contribution in [0.2, 0.25) is 5.21 Å². The number of amides is 1. The van der Waals surface area contributed by atoms with Crippen molar-refractivity contribution in [1.82, 2.24) is 9.97 Å². The molecule has 1 aromatic heterocycles. The maximum atomic E-state index is 12.0. The summed E-state index contributed by atoms with van der Waals surface area (Å²) in [6, 6.07) is -0.0245. The second-order valence-corrected chi connectivity index (χ2v) is 9.27. The zero-order chi connectivity index (χ0) is 19.9. The van der Waals surface area contributed by atoms with Crippen LogP contribution in [-0.2, 0) is 0 Å².